The highest BCUT2D eigenvalue weighted by Gasteiger charge is 2.10. The molecule has 1 N–H and O–H groups in total. The molecule has 0 amide bonds. The van der Waals surface area contributed by atoms with Crippen molar-refractivity contribution in [2.75, 3.05) is 12.4 Å². The first-order chi connectivity index (χ1) is 10.9. The maximum atomic E-state index is 12.4. The Hall–Kier alpha value is -1.62. The van der Waals surface area contributed by atoms with E-state index in [4.69, 9.17) is 23.2 Å². The molecule has 0 heterocycles. The van der Waals surface area contributed by atoms with Gasteiger partial charge in [-0.3, -0.25) is 9.59 Å². The number of benzene rings is 1. The number of hydrogen-bond acceptors (Lipinski definition) is 3. The molecule has 0 radical (unpaired) electrons. The Morgan fingerprint density at radius 3 is 2.65 bits per heavy atom. The van der Waals surface area contributed by atoms with Gasteiger partial charge in [0.25, 0.3) is 0 Å². The standard InChI is InChI=1S/C17H12BrCl2NO2/c1-21-14-7-6-11(18)9-12(17(14)23)15(22)8-5-10-3-2-4-13(19)16(10)20/h2-9H,1H3,(H,21,23)/b8-5+. The maximum absolute atomic E-state index is 12.4. The highest BCUT2D eigenvalue weighted by Crippen LogP contribution is 2.26. The van der Waals surface area contributed by atoms with Gasteiger partial charge < -0.3 is 5.32 Å². The Labute approximate surface area is 152 Å². The summed E-state index contributed by atoms with van der Waals surface area (Å²) < 4.78 is 0.633. The number of halogens is 3. The highest BCUT2D eigenvalue weighted by atomic mass is 79.9. The Balaban J connectivity index is 2.44. The summed E-state index contributed by atoms with van der Waals surface area (Å²) >= 11 is 15.3. The molecule has 0 saturated carbocycles. The highest BCUT2D eigenvalue weighted by molar-refractivity contribution is 9.10. The first kappa shape index (κ1) is 17.7. The Kier molecular flexibility index (Phi) is 5.99. The lowest BCUT2D eigenvalue weighted by atomic mass is 10.1. The lowest BCUT2D eigenvalue weighted by Gasteiger charge is -2.00. The van der Waals surface area contributed by atoms with Crippen LogP contribution in [0.25, 0.3) is 6.08 Å². The smallest absolute Gasteiger partial charge is 0.212 e. The molecule has 2 aromatic rings. The van der Waals surface area contributed by atoms with E-state index in [2.05, 4.69) is 21.2 Å². The fraction of sp³-hybridized carbons (Fsp3) is 0.0588. The Morgan fingerprint density at radius 2 is 1.96 bits per heavy atom. The second kappa shape index (κ2) is 7.77. The summed E-state index contributed by atoms with van der Waals surface area (Å²) in [5, 5.41) is 3.54. The molecule has 2 aromatic carbocycles. The van der Waals surface area contributed by atoms with Gasteiger partial charge in [-0.15, -0.1) is 0 Å². The van der Waals surface area contributed by atoms with E-state index >= 15 is 0 Å². The second-order valence-corrected chi connectivity index (χ2v) is 6.31. The minimum Gasteiger partial charge on any atom is -0.385 e. The van der Waals surface area contributed by atoms with E-state index in [1.807, 2.05) is 0 Å². The number of carbonyl (C=O) groups is 1. The van der Waals surface area contributed by atoms with Crippen molar-refractivity contribution in [3.63, 3.8) is 0 Å². The Bertz CT molecular complexity index is 850. The number of nitrogens with one attached hydrogen (secondary N) is 1. The molecular weight excluding hydrogens is 401 g/mol. The Morgan fingerprint density at radius 1 is 1.22 bits per heavy atom. The fourth-order valence-corrected chi connectivity index (χ4v) is 2.65. The summed E-state index contributed by atoms with van der Waals surface area (Å²) in [6.07, 6.45) is 2.84. The van der Waals surface area contributed by atoms with Gasteiger partial charge in [-0.25, -0.2) is 0 Å². The molecular formula is C17H12BrCl2NO2. The molecule has 2 rings (SSSR count). The van der Waals surface area contributed by atoms with Gasteiger partial charge in [0, 0.05) is 11.5 Å². The lowest BCUT2D eigenvalue weighted by molar-refractivity contribution is 0.104. The van der Waals surface area contributed by atoms with Crippen molar-refractivity contribution in [3.05, 3.63) is 78.3 Å². The van der Waals surface area contributed by atoms with E-state index in [0.717, 1.165) is 0 Å². The van der Waals surface area contributed by atoms with Crippen LogP contribution >= 0.6 is 39.1 Å². The summed E-state index contributed by atoms with van der Waals surface area (Å²) in [4.78, 5) is 24.7. The monoisotopic (exact) mass is 411 g/mol. The molecule has 0 unspecified atom stereocenters. The number of rotatable bonds is 4. The lowest BCUT2D eigenvalue weighted by Crippen LogP contribution is -2.14. The van der Waals surface area contributed by atoms with E-state index < -0.39 is 5.78 Å². The third-order valence-corrected chi connectivity index (χ3v) is 4.44. The molecule has 0 fully saturated rings. The second-order valence-electron chi connectivity index (χ2n) is 4.61. The number of hydrogen-bond donors (Lipinski definition) is 1. The number of ketones is 1. The normalized spacial score (nSPS) is 10.8. The predicted molar refractivity (Wildman–Crippen MR) is 99.8 cm³/mol. The van der Waals surface area contributed by atoms with Crippen LogP contribution in [0.2, 0.25) is 10.0 Å². The van der Waals surface area contributed by atoms with Crippen molar-refractivity contribution in [2.45, 2.75) is 0 Å². The van der Waals surface area contributed by atoms with Gasteiger partial charge in [-0.05, 0) is 42.0 Å². The van der Waals surface area contributed by atoms with E-state index in [1.54, 1.807) is 37.4 Å². The first-order valence-corrected chi connectivity index (χ1v) is 8.17. The van der Waals surface area contributed by atoms with Gasteiger partial charge in [0.05, 0.1) is 21.3 Å². The van der Waals surface area contributed by atoms with Gasteiger partial charge in [0.15, 0.2) is 5.78 Å². The largest absolute Gasteiger partial charge is 0.385 e. The third kappa shape index (κ3) is 4.22. The summed E-state index contributed by atoms with van der Waals surface area (Å²) in [6.45, 7) is 0. The van der Waals surface area contributed by atoms with E-state index in [1.165, 1.54) is 18.2 Å². The van der Waals surface area contributed by atoms with Crippen LogP contribution in [0.3, 0.4) is 0 Å². The van der Waals surface area contributed by atoms with Crippen LogP contribution < -0.4 is 10.7 Å². The van der Waals surface area contributed by atoms with Crippen molar-refractivity contribution >= 4 is 56.7 Å². The molecule has 0 spiro atoms. The molecule has 23 heavy (non-hydrogen) atoms. The van der Waals surface area contributed by atoms with Crippen molar-refractivity contribution in [1.82, 2.24) is 0 Å². The van der Waals surface area contributed by atoms with Crippen molar-refractivity contribution < 1.29 is 4.79 Å². The van der Waals surface area contributed by atoms with Gasteiger partial charge in [0.2, 0.25) is 5.43 Å². The van der Waals surface area contributed by atoms with Crippen LogP contribution in [0.4, 0.5) is 5.69 Å². The van der Waals surface area contributed by atoms with Crippen LogP contribution in [0, 0.1) is 0 Å². The zero-order valence-corrected chi connectivity index (χ0v) is 15.2. The van der Waals surface area contributed by atoms with Crippen LogP contribution in [-0.4, -0.2) is 12.8 Å². The number of allylic oxidation sites excluding steroid dienone is 1. The molecule has 0 aliphatic carbocycles. The van der Waals surface area contributed by atoms with Crippen LogP contribution in [0.1, 0.15) is 15.9 Å². The van der Waals surface area contributed by atoms with Crippen LogP contribution in [-0.2, 0) is 0 Å². The maximum Gasteiger partial charge on any atom is 0.212 e. The van der Waals surface area contributed by atoms with Crippen LogP contribution in [0.15, 0.2) is 51.7 Å². The average molecular weight is 413 g/mol. The van der Waals surface area contributed by atoms with Crippen molar-refractivity contribution in [1.29, 1.82) is 0 Å². The molecule has 0 aromatic heterocycles. The zero-order valence-electron chi connectivity index (χ0n) is 12.1. The van der Waals surface area contributed by atoms with Crippen molar-refractivity contribution in [3.8, 4) is 0 Å². The average Bonchev–Trinajstić information content (AvgIpc) is 2.67. The number of anilines is 1. The third-order valence-electron chi connectivity index (χ3n) is 3.11. The SMILES string of the molecule is CNc1ccc(Br)cc(C(=O)/C=C/c2cccc(Cl)c2Cl)c1=O. The molecule has 6 heteroatoms. The molecule has 0 aliphatic rings. The van der Waals surface area contributed by atoms with Gasteiger partial charge in [0.1, 0.15) is 0 Å². The van der Waals surface area contributed by atoms with E-state index in [-0.39, 0.29) is 11.0 Å². The van der Waals surface area contributed by atoms with Gasteiger partial charge >= 0.3 is 0 Å². The molecule has 118 valence electrons. The topological polar surface area (TPSA) is 46.2 Å². The first-order valence-electron chi connectivity index (χ1n) is 6.62. The fourth-order valence-electron chi connectivity index (χ4n) is 1.92. The summed E-state index contributed by atoms with van der Waals surface area (Å²) in [5.74, 6) is -0.417. The molecule has 0 atom stereocenters. The minimum absolute atomic E-state index is 0.0561. The quantitative estimate of drug-likeness (QED) is 0.564. The minimum atomic E-state index is -0.417. The van der Waals surface area contributed by atoms with Crippen molar-refractivity contribution in [2.24, 2.45) is 0 Å². The summed E-state index contributed by atoms with van der Waals surface area (Å²) in [6, 6.07) is 9.93. The summed E-state index contributed by atoms with van der Waals surface area (Å²) in [5.41, 5.74) is 0.632. The molecule has 0 aliphatic heterocycles. The molecule has 0 saturated heterocycles. The number of carbonyl (C=O) groups excluding carboxylic acids is 1. The summed E-state index contributed by atoms with van der Waals surface area (Å²) in [7, 11) is 1.63. The molecule has 0 bridgehead atoms. The van der Waals surface area contributed by atoms with Gasteiger partial charge in [-0.2, -0.15) is 0 Å². The van der Waals surface area contributed by atoms with Gasteiger partial charge in [-0.1, -0.05) is 51.3 Å². The molecule has 3 nitrogen and oxygen atoms in total. The van der Waals surface area contributed by atoms with E-state index in [9.17, 15) is 9.59 Å². The zero-order chi connectivity index (χ0) is 17.0. The van der Waals surface area contributed by atoms with Crippen LogP contribution in [0.5, 0.6) is 0 Å². The van der Waals surface area contributed by atoms with E-state index in [0.29, 0.717) is 25.8 Å². The predicted octanol–water partition coefficient (Wildman–Crippen LogP) is 5.05.